The van der Waals surface area contributed by atoms with Gasteiger partial charge < -0.3 is 5.32 Å². The molecule has 0 bridgehead atoms. The van der Waals surface area contributed by atoms with Crippen LogP contribution in [0.25, 0.3) is 5.69 Å². The molecule has 1 fully saturated rings. The first-order chi connectivity index (χ1) is 11.5. The molecule has 1 heterocycles. The van der Waals surface area contributed by atoms with Gasteiger partial charge in [0.2, 0.25) is 11.1 Å². The Hall–Kier alpha value is -1.82. The van der Waals surface area contributed by atoms with E-state index in [4.69, 9.17) is 0 Å². The number of hydrogen-bond donors (Lipinski definition) is 1. The van der Waals surface area contributed by atoms with Gasteiger partial charge in [0.25, 0.3) is 0 Å². The summed E-state index contributed by atoms with van der Waals surface area (Å²) in [7, 11) is 0. The maximum Gasteiger partial charge on any atom is 0.230 e. The molecule has 1 saturated carbocycles. The molecule has 1 amide bonds. The number of hydrogen-bond acceptors (Lipinski definition) is 4. The molecule has 2 aromatic rings. The highest BCUT2D eigenvalue weighted by Crippen LogP contribution is 2.40. The number of benzene rings is 1. The fourth-order valence-corrected chi connectivity index (χ4v) is 2.99. The Bertz CT molecular complexity index is 707. The Labute approximate surface area is 147 Å². The van der Waals surface area contributed by atoms with E-state index in [-0.39, 0.29) is 11.4 Å². The van der Waals surface area contributed by atoms with Crippen molar-refractivity contribution in [2.75, 3.05) is 5.75 Å². The van der Waals surface area contributed by atoms with Crippen molar-refractivity contribution in [3.05, 3.63) is 36.2 Å². The van der Waals surface area contributed by atoms with E-state index in [1.807, 2.05) is 48.9 Å². The SMILES string of the molecule is CCC(C)(C)NC(=O)CSc1nc(C2CC2)n(-c2ccccc2)n1. The zero-order chi connectivity index (χ0) is 17.2. The van der Waals surface area contributed by atoms with E-state index in [0.29, 0.717) is 16.8 Å². The molecule has 3 rings (SSSR count). The average Bonchev–Trinajstić information content (AvgIpc) is 3.33. The Morgan fingerprint density at radius 3 is 2.67 bits per heavy atom. The highest BCUT2D eigenvalue weighted by molar-refractivity contribution is 7.99. The lowest BCUT2D eigenvalue weighted by atomic mass is 10.0. The molecule has 0 radical (unpaired) electrons. The summed E-state index contributed by atoms with van der Waals surface area (Å²) in [6.45, 7) is 6.13. The maximum absolute atomic E-state index is 12.1. The van der Waals surface area contributed by atoms with Crippen molar-refractivity contribution in [2.24, 2.45) is 0 Å². The molecule has 1 aromatic heterocycles. The standard InChI is InChI=1S/C18H24N4OS/c1-4-18(2,3)20-15(23)12-24-17-19-16(13-10-11-13)22(21-17)14-8-6-5-7-9-14/h5-9,13H,4,10-12H2,1-3H3,(H,20,23). The highest BCUT2D eigenvalue weighted by atomic mass is 32.2. The van der Waals surface area contributed by atoms with Crippen LogP contribution in [0, 0.1) is 0 Å². The van der Waals surface area contributed by atoms with Crippen molar-refractivity contribution in [1.29, 1.82) is 0 Å². The molecule has 1 aliphatic rings. The minimum Gasteiger partial charge on any atom is -0.351 e. The van der Waals surface area contributed by atoms with Crippen molar-refractivity contribution in [3.8, 4) is 5.69 Å². The summed E-state index contributed by atoms with van der Waals surface area (Å²) in [5.74, 6) is 1.88. The van der Waals surface area contributed by atoms with Gasteiger partial charge in [0.1, 0.15) is 5.82 Å². The lowest BCUT2D eigenvalue weighted by Gasteiger charge is -2.24. The first-order valence-corrected chi connectivity index (χ1v) is 9.43. The third-order valence-corrected chi connectivity index (χ3v) is 5.09. The Kier molecular flexibility index (Phi) is 4.94. The molecular formula is C18H24N4OS. The van der Waals surface area contributed by atoms with Crippen LogP contribution in [0.5, 0.6) is 0 Å². The Morgan fingerprint density at radius 2 is 2.04 bits per heavy atom. The number of para-hydroxylation sites is 1. The second kappa shape index (κ2) is 6.97. The van der Waals surface area contributed by atoms with Crippen molar-refractivity contribution >= 4 is 17.7 Å². The van der Waals surface area contributed by atoms with Gasteiger partial charge in [0.05, 0.1) is 11.4 Å². The van der Waals surface area contributed by atoms with Crippen molar-refractivity contribution < 1.29 is 4.79 Å². The zero-order valence-corrected chi connectivity index (χ0v) is 15.3. The van der Waals surface area contributed by atoms with Crippen LogP contribution in [-0.2, 0) is 4.79 Å². The van der Waals surface area contributed by atoms with Crippen molar-refractivity contribution in [2.45, 2.75) is 56.6 Å². The van der Waals surface area contributed by atoms with E-state index >= 15 is 0 Å². The van der Waals surface area contributed by atoms with Gasteiger partial charge in [-0.2, -0.15) is 0 Å². The summed E-state index contributed by atoms with van der Waals surface area (Å²) in [5, 5.41) is 8.33. The van der Waals surface area contributed by atoms with Gasteiger partial charge in [-0.3, -0.25) is 4.79 Å². The molecule has 0 aliphatic heterocycles. The molecule has 24 heavy (non-hydrogen) atoms. The number of carbonyl (C=O) groups excluding carboxylic acids is 1. The number of aromatic nitrogens is 3. The second-order valence-corrected chi connectivity index (χ2v) is 7.79. The van der Waals surface area contributed by atoms with Crippen LogP contribution in [0.15, 0.2) is 35.5 Å². The maximum atomic E-state index is 12.1. The smallest absolute Gasteiger partial charge is 0.230 e. The largest absolute Gasteiger partial charge is 0.351 e. The van der Waals surface area contributed by atoms with Crippen LogP contribution in [0.4, 0.5) is 0 Å². The van der Waals surface area contributed by atoms with Gasteiger partial charge in [-0.15, -0.1) is 5.10 Å². The lowest BCUT2D eigenvalue weighted by molar-refractivity contribution is -0.120. The van der Waals surface area contributed by atoms with Crippen LogP contribution >= 0.6 is 11.8 Å². The monoisotopic (exact) mass is 344 g/mol. The summed E-state index contributed by atoms with van der Waals surface area (Å²) in [6, 6.07) is 10.1. The van der Waals surface area contributed by atoms with Gasteiger partial charge in [0, 0.05) is 11.5 Å². The van der Waals surface area contributed by atoms with Crippen molar-refractivity contribution in [1.82, 2.24) is 20.1 Å². The van der Waals surface area contributed by atoms with E-state index < -0.39 is 0 Å². The number of carbonyl (C=O) groups is 1. The Balaban J connectivity index is 1.70. The first-order valence-electron chi connectivity index (χ1n) is 8.45. The van der Waals surface area contributed by atoms with Crippen molar-refractivity contribution in [3.63, 3.8) is 0 Å². The van der Waals surface area contributed by atoms with E-state index in [9.17, 15) is 4.79 Å². The molecule has 1 aromatic carbocycles. The predicted molar refractivity (Wildman–Crippen MR) is 96.6 cm³/mol. The molecule has 0 unspecified atom stereocenters. The summed E-state index contributed by atoms with van der Waals surface area (Å²) in [6.07, 6.45) is 3.23. The summed E-state index contributed by atoms with van der Waals surface area (Å²) < 4.78 is 1.92. The first kappa shape index (κ1) is 17.0. The topological polar surface area (TPSA) is 59.8 Å². The van der Waals surface area contributed by atoms with Crippen LogP contribution < -0.4 is 5.32 Å². The molecule has 5 nitrogen and oxygen atoms in total. The van der Waals surface area contributed by atoms with Crippen LogP contribution in [-0.4, -0.2) is 32.0 Å². The number of nitrogens with one attached hydrogen (secondary N) is 1. The predicted octanol–water partition coefficient (Wildman–Crippen LogP) is 3.54. The van der Waals surface area contributed by atoms with Gasteiger partial charge in [0.15, 0.2) is 0 Å². The van der Waals surface area contributed by atoms with E-state index in [1.54, 1.807) is 0 Å². The minimum atomic E-state index is -0.173. The molecule has 128 valence electrons. The summed E-state index contributed by atoms with van der Waals surface area (Å²) >= 11 is 1.40. The average molecular weight is 344 g/mol. The number of thioether (sulfide) groups is 1. The molecule has 0 atom stereocenters. The molecule has 0 saturated heterocycles. The van der Waals surface area contributed by atoms with E-state index in [0.717, 1.165) is 17.9 Å². The third-order valence-electron chi connectivity index (χ3n) is 4.25. The number of amides is 1. The molecule has 0 spiro atoms. The van der Waals surface area contributed by atoms with Crippen LogP contribution in [0.3, 0.4) is 0 Å². The normalized spacial score (nSPS) is 14.6. The second-order valence-electron chi connectivity index (χ2n) is 6.85. The summed E-state index contributed by atoms with van der Waals surface area (Å²) in [5.41, 5.74) is 0.850. The third kappa shape index (κ3) is 4.17. The van der Waals surface area contributed by atoms with Crippen LogP contribution in [0.2, 0.25) is 0 Å². The van der Waals surface area contributed by atoms with Gasteiger partial charge in [-0.05, 0) is 45.2 Å². The lowest BCUT2D eigenvalue weighted by Crippen LogP contribution is -2.43. The molecule has 1 aliphatic carbocycles. The van der Waals surface area contributed by atoms with E-state index in [1.165, 1.54) is 24.6 Å². The quantitative estimate of drug-likeness (QED) is 0.781. The zero-order valence-electron chi connectivity index (χ0n) is 14.5. The van der Waals surface area contributed by atoms with Gasteiger partial charge >= 0.3 is 0 Å². The fraction of sp³-hybridized carbons (Fsp3) is 0.500. The number of rotatable bonds is 7. The molecular weight excluding hydrogens is 320 g/mol. The fourth-order valence-electron chi connectivity index (χ4n) is 2.36. The summed E-state index contributed by atoms with van der Waals surface area (Å²) in [4.78, 5) is 16.8. The minimum absolute atomic E-state index is 0.0240. The highest BCUT2D eigenvalue weighted by Gasteiger charge is 2.30. The van der Waals surface area contributed by atoms with Crippen LogP contribution in [0.1, 0.15) is 51.8 Å². The van der Waals surface area contributed by atoms with E-state index in [2.05, 4.69) is 22.3 Å². The number of nitrogens with zero attached hydrogens (tertiary/aromatic N) is 3. The Morgan fingerprint density at radius 1 is 1.33 bits per heavy atom. The van der Waals surface area contributed by atoms with Gasteiger partial charge in [-0.1, -0.05) is 36.9 Å². The van der Waals surface area contributed by atoms with Gasteiger partial charge in [-0.25, -0.2) is 9.67 Å². The molecule has 6 heteroatoms. The molecule has 1 N–H and O–H groups in total.